The number of amides is 1. The number of non-ortho nitro benzene ring substituents is 1. The smallest absolute Gasteiger partial charge is 0.357 e. The first-order chi connectivity index (χ1) is 14.1. The molecule has 0 unspecified atom stereocenters. The Hall–Kier alpha value is -4.21. The molecule has 0 saturated carbocycles. The number of nitro benzene ring substituents is 1. The van der Waals surface area contributed by atoms with E-state index in [1.165, 1.54) is 30.1 Å². The van der Waals surface area contributed by atoms with Gasteiger partial charge in [0.05, 0.1) is 22.2 Å². The number of ether oxygens (including phenoxy) is 1. The average molecular weight is 410 g/mol. The highest BCUT2D eigenvalue weighted by atomic mass is 16.6. The van der Waals surface area contributed by atoms with Crippen LogP contribution in [-0.2, 0) is 7.05 Å². The summed E-state index contributed by atoms with van der Waals surface area (Å²) in [5.74, 6) is -1.49. The molecule has 0 spiro atoms. The zero-order valence-electron chi connectivity index (χ0n) is 16.4. The fourth-order valence-corrected chi connectivity index (χ4v) is 2.96. The number of nitrogens with zero attached hydrogens (tertiary/aromatic N) is 3. The van der Waals surface area contributed by atoms with Crippen molar-refractivity contribution >= 4 is 23.3 Å². The lowest BCUT2D eigenvalue weighted by Crippen LogP contribution is -2.15. The number of hydrogen-bond acceptors (Lipinski definition) is 6. The number of hydrogen-bond donors (Lipinski definition) is 2. The van der Waals surface area contributed by atoms with Crippen molar-refractivity contribution in [3.63, 3.8) is 0 Å². The van der Waals surface area contributed by atoms with Crippen LogP contribution >= 0.6 is 0 Å². The van der Waals surface area contributed by atoms with Crippen molar-refractivity contribution < 1.29 is 24.4 Å². The van der Waals surface area contributed by atoms with Crippen LogP contribution in [-0.4, -0.2) is 31.7 Å². The Balaban J connectivity index is 1.94. The van der Waals surface area contributed by atoms with Gasteiger partial charge >= 0.3 is 5.97 Å². The van der Waals surface area contributed by atoms with Gasteiger partial charge < -0.3 is 15.2 Å². The van der Waals surface area contributed by atoms with E-state index < -0.39 is 22.5 Å². The second kappa shape index (κ2) is 8.03. The van der Waals surface area contributed by atoms with Crippen molar-refractivity contribution in [1.29, 1.82) is 0 Å². The van der Waals surface area contributed by atoms with Crippen LogP contribution in [0.15, 0.2) is 42.6 Å². The Bertz CT molecular complexity index is 1150. The number of nitrogens with one attached hydrogen (secondary N) is 1. The molecule has 10 heteroatoms. The molecule has 0 radical (unpaired) electrons. The molecule has 0 bridgehead atoms. The third-order valence-corrected chi connectivity index (χ3v) is 4.07. The summed E-state index contributed by atoms with van der Waals surface area (Å²) in [6.07, 6.45) is 1.25. The van der Waals surface area contributed by atoms with Crippen LogP contribution in [0.4, 0.5) is 11.4 Å². The summed E-state index contributed by atoms with van der Waals surface area (Å²) in [4.78, 5) is 34.5. The number of carbonyl (C=O) groups excluding carboxylic acids is 1. The number of carbonyl (C=O) groups is 2. The van der Waals surface area contributed by atoms with E-state index in [9.17, 15) is 24.8 Å². The topological polar surface area (TPSA) is 137 Å². The van der Waals surface area contributed by atoms with E-state index >= 15 is 0 Å². The highest BCUT2D eigenvalue weighted by molar-refractivity contribution is 6.10. The van der Waals surface area contributed by atoms with Gasteiger partial charge in [-0.2, -0.15) is 5.10 Å². The van der Waals surface area contributed by atoms with E-state index in [2.05, 4.69) is 10.4 Å². The second-order valence-corrected chi connectivity index (χ2v) is 6.72. The van der Waals surface area contributed by atoms with Crippen LogP contribution in [0.1, 0.15) is 32.0 Å². The number of benzene rings is 2. The third kappa shape index (κ3) is 4.61. The van der Waals surface area contributed by atoms with Crippen molar-refractivity contribution in [3.8, 4) is 11.5 Å². The number of carboxylic acid groups (broad SMARTS) is 1. The Morgan fingerprint density at radius 1 is 1.10 bits per heavy atom. The quantitative estimate of drug-likeness (QED) is 0.467. The molecular weight excluding hydrogens is 392 g/mol. The summed E-state index contributed by atoms with van der Waals surface area (Å²) in [6.45, 7) is 3.79. The fraction of sp³-hybridized carbons (Fsp3) is 0.150. The van der Waals surface area contributed by atoms with Gasteiger partial charge in [0.25, 0.3) is 11.6 Å². The minimum Gasteiger partial charge on any atom is -0.476 e. The van der Waals surface area contributed by atoms with E-state index in [-0.39, 0.29) is 22.7 Å². The summed E-state index contributed by atoms with van der Waals surface area (Å²) < 4.78 is 6.95. The molecule has 1 heterocycles. The number of nitro groups is 1. The van der Waals surface area contributed by atoms with Gasteiger partial charge in [0.1, 0.15) is 11.5 Å². The molecule has 2 N–H and O–H groups in total. The number of carboxylic acids is 1. The van der Waals surface area contributed by atoms with Crippen LogP contribution in [0, 0.1) is 24.0 Å². The number of anilines is 1. The van der Waals surface area contributed by atoms with Gasteiger partial charge in [0, 0.05) is 25.4 Å². The van der Waals surface area contributed by atoms with Gasteiger partial charge in [0.15, 0.2) is 5.69 Å². The molecular formula is C20H18N4O6. The van der Waals surface area contributed by atoms with E-state index in [0.29, 0.717) is 5.75 Å². The molecule has 2 aromatic carbocycles. The molecule has 1 amide bonds. The van der Waals surface area contributed by atoms with Gasteiger partial charge in [-0.1, -0.05) is 6.07 Å². The minimum absolute atomic E-state index is 0.0776. The van der Waals surface area contributed by atoms with Gasteiger partial charge in [-0.15, -0.1) is 0 Å². The molecule has 30 heavy (non-hydrogen) atoms. The molecule has 0 aliphatic rings. The molecule has 10 nitrogen and oxygen atoms in total. The minimum atomic E-state index is -1.36. The predicted octanol–water partition coefficient (Wildman–Crippen LogP) is 3.69. The maximum absolute atomic E-state index is 12.6. The van der Waals surface area contributed by atoms with Crippen LogP contribution in [0.3, 0.4) is 0 Å². The molecule has 154 valence electrons. The molecule has 0 saturated heterocycles. The van der Waals surface area contributed by atoms with E-state index in [4.69, 9.17) is 4.74 Å². The summed E-state index contributed by atoms with van der Waals surface area (Å²) in [5.41, 5.74) is 1.11. The first-order valence-corrected chi connectivity index (χ1v) is 8.76. The molecule has 1 aromatic heterocycles. The largest absolute Gasteiger partial charge is 0.476 e. The SMILES string of the molecule is Cc1cc(C)cc(Oc2cc(NC(=O)c3cn(C)nc3C(=O)O)cc([N+](=O)[O-])c2)c1. The lowest BCUT2D eigenvalue weighted by Gasteiger charge is -2.10. The Morgan fingerprint density at radius 3 is 2.33 bits per heavy atom. The standard InChI is InChI=1S/C20H18N4O6/c1-11-4-12(2)6-15(5-11)30-16-8-13(7-14(9-16)24(28)29)21-19(25)17-10-23(3)22-18(17)20(26)27/h4-10H,1-3H3,(H,21,25)(H,26,27). The highest BCUT2D eigenvalue weighted by Gasteiger charge is 2.22. The summed E-state index contributed by atoms with van der Waals surface area (Å²) in [6, 6.07) is 9.32. The van der Waals surface area contributed by atoms with Crippen molar-refractivity contribution in [1.82, 2.24) is 9.78 Å². The number of aromatic nitrogens is 2. The van der Waals surface area contributed by atoms with Gasteiger partial charge in [0.2, 0.25) is 0 Å². The number of rotatable bonds is 6. The summed E-state index contributed by atoms with van der Waals surface area (Å²) >= 11 is 0. The van der Waals surface area contributed by atoms with E-state index in [1.807, 2.05) is 19.9 Å². The van der Waals surface area contributed by atoms with Gasteiger partial charge in [-0.05, 0) is 37.1 Å². The molecule has 0 atom stereocenters. The van der Waals surface area contributed by atoms with E-state index in [0.717, 1.165) is 17.2 Å². The second-order valence-electron chi connectivity index (χ2n) is 6.72. The van der Waals surface area contributed by atoms with Crippen molar-refractivity contribution in [2.75, 3.05) is 5.32 Å². The zero-order chi connectivity index (χ0) is 22.0. The maximum atomic E-state index is 12.6. The lowest BCUT2D eigenvalue weighted by molar-refractivity contribution is -0.384. The van der Waals surface area contributed by atoms with Crippen LogP contribution < -0.4 is 10.1 Å². The molecule has 0 aliphatic heterocycles. The third-order valence-electron chi connectivity index (χ3n) is 4.07. The average Bonchev–Trinajstić information content (AvgIpc) is 3.03. The zero-order valence-corrected chi connectivity index (χ0v) is 16.4. The number of aryl methyl sites for hydroxylation is 3. The summed E-state index contributed by atoms with van der Waals surface area (Å²) in [5, 5.41) is 26.7. The van der Waals surface area contributed by atoms with E-state index in [1.54, 1.807) is 12.1 Å². The van der Waals surface area contributed by atoms with Crippen LogP contribution in [0.25, 0.3) is 0 Å². The Labute approximate surface area is 170 Å². The van der Waals surface area contributed by atoms with Crippen LogP contribution in [0.5, 0.6) is 11.5 Å². The normalized spacial score (nSPS) is 10.5. The fourth-order valence-electron chi connectivity index (χ4n) is 2.96. The summed E-state index contributed by atoms with van der Waals surface area (Å²) in [7, 11) is 1.48. The first-order valence-electron chi connectivity index (χ1n) is 8.76. The maximum Gasteiger partial charge on any atom is 0.357 e. The molecule has 0 aliphatic carbocycles. The monoisotopic (exact) mass is 410 g/mol. The van der Waals surface area contributed by atoms with Crippen LogP contribution in [0.2, 0.25) is 0 Å². The predicted molar refractivity (Wildman–Crippen MR) is 107 cm³/mol. The molecule has 3 aromatic rings. The van der Waals surface area contributed by atoms with Crippen molar-refractivity contribution in [2.24, 2.45) is 7.05 Å². The first kappa shape index (κ1) is 20.5. The lowest BCUT2D eigenvalue weighted by atomic mass is 10.1. The van der Waals surface area contributed by atoms with Crippen molar-refractivity contribution in [2.45, 2.75) is 13.8 Å². The van der Waals surface area contributed by atoms with Gasteiger partial charge in [-0.25, -0.2) is 4.79 Å². The van der Waals surface area contributed by atoms with Gasteiger partial charge in [-0.3, -0.25) is 19.6 Å². The van der Waals surface area contributed by atoms with Crippen molar-refractivity contribution in [3.05, 3.63) is 75.1 Å². The Kier molecular flexibility index (Phi) is 5.50. The number of aromatic carboxylic acids is 1. The molecule has 0 fully saturated rings. The highest BCUT2D eigenvalue weighted by Crippen LogP contribution is 2.31. The molecule has 3 rings (SSSR count). The Morgan fingerprint density at radius 2 is 1.73 bits per heavy atom.